The maximum atomic E-state index is 10.3. The number of amidine groups is 1. The topological polar surface area (TPSA) is 85.5 Å². The molecule has 2 heterocycles. The predicted octanol–water partition coefficient (Wildman–Crippen LogP) is 0.183. The Labute approximate surface area is 129 Å². The average molecular weight is 316 g/mol. The van der Waals surface area contributed by atoms with E-state index in [1.165, 1.54) is 11.8 Å². The van der Waals surface area contributed by atoms with Crippen LogP contribution in [0.5, 0.6) is 0 Å². The number of fused-ring (bicyclic) bond motifs is 1. The molecule has 2 rings (SSSR count). The van der Waals surface area contributed by atoms with Gasteiger partial charge in [0.1, 0.15) is 29.8 Å². The van der Waals surface area contributed by atoms with Crippen molar-refractivity contribution in [1.29, 1.82) is 0 Å². The molecular weight excluding hydrogens is 292 g/mol. The van der Waals surface area contributed by atoms with Crippen LogP contribution < -0.4 is 0 Å². The Hall–Kier alpha value is -0.600. The summed E-state index contributed by atoms with van der Waals surface area (Å²) in [6.07, 6.45) is -1.02. The molecule has 120 valence electrons. The molecule has 0 aliphatic carbocycles. The Morgan fingerprint density at radius 1 is 1.48 bits per heavy atom. The third-order valence-electron chi connectivity index (χ3n) is 3.76. The lowest BCUT2D eigenvalue weighted by molar-refractivity contribution is -0.184. The summed E-state index contributed by atoms with van der Waals surface area (Å²) in [5, 5.41) is 31.2. The molecule has 0 aromatic carbocycles. The molecule has 6 nitrogen and oxygen atoms in total. The fourth-order valence-corrected chi connectivity index (χ4v) is 3.82. The second kappa shape index (κ2) is 7.11. The molecule has 7 heteroatoms. The number of hydrogen-bond acceptors (Lipinski definition) is 7. The third-order valence-corrected chi connectivity index (χ3v) is 5.01. The van der Waals surface area contributed by atoms with Gasteiger partial charge in [0, 0.05) is 13.6 Å². The van der Waals surface area contributed by atoms with Gasteiger partial charge in [-0.2, -0.15) is 0 Å². The maximum absolute atomic E-state index is 10.3. The second-order valence-electron chi connectivity index (χ2n) is 5.48. The molecule has 0 unspecified atom stereocenters. The first-order valence-corrected chi connectivity index (χ1v) is 8.13. The number of ether oxygens (including phenoxy) is 1. The van der Waals surface area contributed by atoms with Crippen LogP contribution in [-0.4, -0.2) is 74.9 Å². The van der Waals surface area contributed by atoms with E-state index in [0.29, 0.717) is 6.42 Å². The van der Waals surface area contributed by atoms with Gasteiger partial charge < -0.3 is 25.0 Å². The number of rotatable bonds is 5. The second-order valence-corrected chi connectivity index (χ2v) is 6.55. The Kier molecular flexibility index (Phi) is 5.67. The molecule has 0 amide bonds. The minimum Gasteiger partial charge on any atom is -0.390 e. The maximum Gasteiger partial charge on any atom is 0.162 e. The van der Waals surface area contributed by atoms with Crippen LogP contribution in [0.15, 0.2) is 17.6 Å². The van der Waals surface area contributed by atoms with Gasteiger partial charge in [0.15, 0.2) is 5.17 Å². The van der Waals surface area contributed by atoms with Crippen molar-refractivity contribution in [3.8, 4) is 0 Å². The van der Waals surface area contributed by atoms with Crippen LogP contribution >= 0.6 is 11.8 Å². The van der Waals surface area contributed by atoms with Crippen LogP contribution in [0.2, 0.25) is 0 Å². The van der Waals surface area contributed by atoms with E-state index < -0.39 is 30.5 Å². The number of hydrogen-bond donors (Lipinski definition) is 3. The van der Waals surface area contributed by atoms with Gasteiger partial charge in [-0.15, -0.1) is 6.58 Å². The molecule has 0 spiro atoms. The van der Waals surface area contributed by atoms with E-state index in [2.05, 4.69) is 18.5 Å². The van der Waals surface area contributed by atoms with Crippen molar-refractivity contribution in [2.75, 3.05) is 13.6 Å². The van der Waals surface area contributed by atoms with Gasteiger partial charge in [0.25, 0.3) is 0 Å². The monoisotopic (exact) mass is 316 g/mol. The average Bonchev–Trinajstić information content (AvgIpc) is 2.87. The highest BCUT2D eigenvalue weighted by molar-refractivity contribution is 8.14. The summed E-state index contributed by atoms with van der Waals surface area (Å²) in [5.41, 5.74) is -0.373. The predicted molar refractivity (Wildman–Crippen MR) is 83.2 cm³/mol. The fraction of sp³-hybridized carbons (Fsp3) is 0.786. The molecule has 0 aromatic heterocycles. The van der Waals surface area contributed by atoms with Crippen molar-refractivity contribution in [2.24, 2.45) is 4.99 Å². The molecule has 0 radical (unpaired) electrons. The summed E-state index contributed by atoms with van der Waals surface area (Å²) in [6.45, 7) is 6.52. The number of thioether (sulfide) groups is 1. The van der Waals surface area contributed by atoms with Crippen molar-refractivity contribution < 1.29 is 20.1 Å². The summed E-state index contributed by atoms with van der Waals surface area (Å²) in [5.74, 6) is 0. The molecule has 0 saturated carbocycles. The van der Waals surface area contributed by atoms with Gasteiger partial charge in [-0.25, -0.2) is 0 Å². The van der Waals surface area contributed by atoms with Crippen LogP contribution in [-0.2, 0) is 4.74 Å². The van der Waals surface area contributed by atoms with E-state index in [1.807, 2.05) is 11.9 Å². The fourth-order valence-electron chi connectivity index (χ4n) is 2.61. The highest BCUT2D eigenvalue weighted by atomic mass is 32.2. The summed E-state index contributed by atoms with van der Waals surface area (Å²) in [4.78, 5) is 6.48. The van der Waals surface area contributed by atoms with E-state index in [1.54, 1.807) is 6.08 Å². The molecule has 2 aliphatic rings. The molecular formula is C14H24N2O4S. The van der Waals surface area contributed by atoms with Crippen molar-refractivity contribution in [3.63, 3.8) is 0 Å². The van der Waals surface area contributed by atoms with E-state index in [9.17, 15) is 15.3 Å². The van der Waals surface area contributed by atoms with E-state index in [4.69, 9.17) is 4.74 Å². The summed E-state index contributed by atoms with van der Waals surface area (Å²) in [6, 6.07) is -0.494. The normalized spacial score (nSPS) is 36.8. The first-order valence-electron chi connectivity index (χ1n) is 7.25. The smallest absolute Gasteiger partial charge is 0.162 e. The van der Waals surface area contributed by atoms with E-state index >= 15 is 0 Å². The molecule has 1 saturated heterocycles. The lowest BCUT2D eigenvalue weighted by atomic mass is 9.94. The third kappa shape index (κ3) is 3.43. The zero-order valence-electron chi connectivity index (χ0n) is 12.4. The van der Waals surface area contributed by atoms with Crippen LogP contribution in [0.25, 0.3) is 0 Å². The minimum atomic E-state index is -1.15. The summed E-state index contributed by atoms with van der Waals surface area (Å²) in [7, 11) is 1.94. The molecule has 6 atom stereocenters. The van der Waals surface area contributed by atoms with Gasteiger partial charge in [0.2, 0.25) is 0 Å². The van der Waals surface area contributed by atoms with Crippen LogP contribution in [0.4, 0.5) is 0 Å². The number of aliphatic hydroxyl groups is 3. The zero-order valence-corrected chi connectivity index (χ0v) is 13.2. The highest BCUT2D eigenvalue weighted by Gasteiger charge is 2.50. The van der Waals surface area contributed by atoms with Crippen LogP contribution in [0, 0.1) is 0 Å². The van der Waals surface area contributed by atoms with Crippen molar-refractivity contribution in [2.45, 2.75) is 55.7 Å². The Morgan fingerprint density at radius 2 is 2.19 bits per heavy atom. The van der Waals surface area contributed by atoms with Gasteiger partial charge in [-0.3, -0.25) is 4.99 Å². The lowest BCUT2D eigenvalue weighted by Crippen LogP contribution is -2.58. The first-order chi connectivity index (χ1) is 9.99. The lowest BCUT2D eigenvalue weighted by Gasteiger charge is -2.40. The molecule has 0 aromatic rings. The van der Waals surface area contributed by atoms with Crippen molar-refractivity contribution in [1.82, 2.24) is 4.90 Å². The van der Waals surface area contributed by atoms with Crippen LogP contribution in [0.3, 0.4) is 0 Å². The summed E-state index contributed by atoms with van der Waals surface area (Å²) < 4.78 is 5.78. The summed E-state index contributed by atoms with van der Waals surface area (Å²) >= 11 is 1.43. The first kappa shape index (κ1) is 16.8. The molecule has 21 heavy (non-hydrogen) atoms. The SMILES string of the molecule is C=CC[C@H](O)[C@H]1O[C@@H]2SC(N(C)CCC)=N[C@@H]2[C@@H](O)[C@@H]1O. The van der Waals surface area contributed by atoms with E-state index in [0.717, 1.165) is 18.1 Å². The number of nitrogens with zero attached hydrogens (tertiary/aromatic N) is 2. The quantitative estimate of drug-likeness (QED) is 0.628. The van der Waals surface area contributed by atoms with E-state index in [-0.39, 0.29) is 5.44 Å². The molecule has 0 bridgehead atoms. The van der Waals surface area contributed by atoms with Crippen LogP contribution in [0.1, 0.15) is 19.8 Å². The van der Waals surface area contributed by atoms with Gasteiger partial charge in [-0.05, 0) is 12.8 Å². The standard InChI is InChI=1S/C14H24N2O4S/c1-4-6-8(17)12-11(19)10(18)9-13(20-12)21-14(15-9)16(3)7-5-2/h4,8-13,17-19H,1,5-7H2,2-3H3/t8-,9+,10+,11-,12+,13+/m0/s1. The van der Waals surface area contributed by atoms with Crippen molar-refractivity contribution in [3.05, 3.63) is 12.7 Å². The Bertz CT molecular complexity index is 406. The minimum absolute atomic E-state index is 0.306. The van der Waals surface area contributed by atoms with Gasteiger partial charge in [0.05, 0.1) is 6.10 Å². The Balaban J connectivity index is 2.08. The molecule has 3 N–H and O–H groups in total. The van der Waals surface area contributed by atoms with Crippen molar-refractivity contribution >= 4 is 16.9 Å². The molecule has 2 aliphatic heterocycles. The van der Waals surface area contributed by atoms with Gasteiger partial charge in [-0.1, -0.05) is 24.8 Å². The number of aliphatic hydroxyl groups excluding tert-OH is 3. The van der Waals surface area contributed by atoms with Gasteiger partial charge >= 0.3 is 0 Å². The highest BCUT2D eigenvalue weighted by Crippen LogP contribution is 2.38. The molecule has 1 fully saturated rings. The number of aliphatic imine (C=N–C) groups is 1. The zero-order chi connectivity index (χ0) is 15.6. The largest absolute Gasteiger partial charge is 0.390 e. The Morgan fingerprint density at radius 3 is 2.81 bits per heavy atom.